The van der Waals surface area contributed by atoms with Crippen LogP contribution in [0.15, 0.2) is 67.1 Å². The average molecular weight is 330 g/mol. The van der Waals surface area contributed by atoms with Crippen LogP contribution in [-0.4, -0.2) is 25.4 Å². The van der Waals surface area contributed by atoms with Gasteiger partial charge in [-0.1, -0.05) is 24.3 Å². The number of phenols is 1. The summed E-state index contributed by atoms with van der Waals surface area (Å²) in [5.41, 5.74) is 9.62. The fourth-order valence-electron chi connectivity index (χ4n) is 2.75. The second-order valence-electron chi connectivity index (χ2n) is 5.64. The van der Waals surface area contributed by atoms with E-state index in [0.29, 0.717) is 16.9 Å². The summed E-state index contributed by atoms with van der Waals surface area (Å²) in [6.07, 6.45) is 5.25. The number of hydrogen-bond donors (Lipinski definition) is 2. The molecule has 122 valence electrons. The zero-order valence-electron chi connectivity index (χ0n) is 13.1. The largest absolute Gasteiger partial charge is 0.508 e. The highest BCUT2D eigenvalue weighted by Crippen LogP contribution is 2.26. The smallest absolute Gasteiger partial charge is 0.248 e. The van der Waals surface area contributed by atoms with Crippen LogP contribution in [0.5, 0.6) is 5.75 Å². The van der Waals surface area contributed by atoms with Crippen molar-refractivity contribution in [2.24, 2.45) is 5.73 Å². The van der Waals surface area contributed by atoms with Crippen molar-refractivity contribution in [3.8, 4) is 28.3 Å². The quantitative estimate of drug-likeness (QED) is 0.604. The predicted molar refractivity (Wildman–Crippen MR) is 94.0 cm³/mol. The number of aromatic hydroxyl groups is 1. The van der Waals surface area contributed by atoms with Crippen molar-refractivity contribution in [2.45, 2.75) is 0 Å². The first-order chi connectivity index (χ1) is 12.1. The lowest BCUT2D eigenvalue weighted by Crippen LogP contribution is -2.10. The van der Waals surface area contributed by atoms with Gasteiger partial charge in [0.1, 0.15) is 5.75 Å². The molecule has 0 spiro atoms. The number of benzene rings is 2. The topological polar surface area (TPSA) is 93.5 Å². The van der Waals surface area contributed by atoms with E-state index in [1.165, 1.54) is 0 Å². The van der Waals surface area contributed by atoms with Gasteiger partial charge >= 0.3 is 0 Å². The Kier molecular flexibility index (Phi) is 3.43. The third kappa shape index (κ3) is 2.70. The average Bonchev–Trinajstić information content (AvgIpc) is 3.05. The monoisotopic (exact) mass is 330 g/mol. The molecule has 4 rings (SSSR count). The molecule has 0 aliphatic heterocycles. The van der Waals surface area contributed by atoms with E-state index in [1.54, 1.807) is 48.8 Å². The SMILES string of the molecule is NC(=O)c1cccc(-c2cn3c(-c4cccc(O)c4)cnc3cn2)c1. The van der Waals surface area contributed by atoms with Gasteiger partial charge in [0.05, 0.1) is 23.8 Å². The molecule has 0 aliphatic carbocycles. The standard InChI is InChI=1S/C19H14N4O2/c20-19(25)14-5-1-3-12(7-14)16-11-23-17(9-22-18(23)10-21-16)13-4-2-6-15(24)8-13/h1-11,24H,(H2,20,25). The third-order valence-electron chi connectivity index (χ3n) is 3.98. The molecule has 25 heavy (non-hydrogen) atoms. The molecule has 4 aromatic rings. The summed E-state index contributed by atoms with van der Waals surface area (Å²) in [6.45, 7) is 0. The molecule has 0 unspecified atom stereocenters. The first kappa shape index (κ1) is 14.9. The minimum atomic E-state index is -0.481. The number of nitrogens with zero attached hydrogens (tertiary/aromatic N) is 3. The van der Waals surface area contributed by atoms with E-state index in [2.05, 4.69) is 9.97 Å². The maximum absolute atomic E-state index is 11.4. The number of amides is 1. The summed E-state index contributed by atoms with van der Waals surface area (Å²) < 4.78 is 1.90. The highest BCUT2D eigenvalue weighted by molar-refractivity contribution is 5.94. The molecule has 3 N–H and O–H groups in total. The number of carbonyl (C=O) groups excluding carboxylic acids is 1. The molecule has 1 amide bonds. The number of primary amides is 1. The second kappa shape index (κ2) is 5.76. The number of hydrogen-bond acceptors (Lipinski definition) is 4. The molecule has 0 fully saturated rings. The van der Waals surface area contributed by atoms with Crippen LogP contribution in [0.3, 0.4) is 0 Å². The summed E-state index contributed by atoms with van der Waals surface area (Å²) in [6, 6.07) is 14.0. The van der Waals surface area contributed by atoms with Gasteiger partial charge in [-0.3, -0.25) is 14.2 Å². The molecule has 0 saturated carbocycles. The minimum absolute atomic E-state index is 0.191. The molecule has 2 aromatic carbocycles. The van der Waals surface area contributed by atoms with E-state index in [0.717, 1.165) is 16.8 Å². The Labute approximate surface area is 143 Å². The normalized spacial score (nSPS) is 10.9. The maximum atomic E-state index is 11.4. The van der Waals surface area contributed by atoms with Crippen LogP contribution in [0.4, 0.5) is 0 Å². The van der Waals surface area contributed by atoms with Crippen molar-refractivity contribution in [3.05, 3.63) is 72.7 Å². The number of nitrogens with two attached hydrogens (primary N) is 1. The summed E-state index contributed by atoms with van der Waals surface area (Å²) in [5.74, 6) is -0.290. The van der Waals surface area contributed by atoms with E-state index >= 15 is 0 Å². The summed E-state index contributed by atoms with van der Waals surface area (Å²) in [4.78, 5) is 20.2. The third-order valence-corrected chi connectivity index (χ3v) is 3.98. The fourth-order valence-corrected chi connectivity index (χ4v) is 2.75. The Hall–Kier alpha value is -3.67. The van der Waals surface area contributed by atoms with Crippen LogP contribution in [0.2, 0.25) is 0 Å². The Morgan fingerprint density at radius 1 is 1.00 bits per heavy atom. The molecule has 6 heteroatoms. The van der Waals surface area contributed by atoms with E-state index < -0.39 is 5.91 Å². The second-order valence-corrected chi connectivity index (χ2v) is 5.64. The van der Waals surface area contributed by atoms with Crippen molar-refractivity contribution < 1.29 is 9.90 Å². The molecule has 0 aliphatic rings. The van der Waals surface area contributed by atoms with Crippen LogP contribution >= 0.6 is 0 Å². The maximum Gasteiger partial charge on any atom is 0.248 e. The lowest BCUT2D eigenvalue weighted by Gasteiger charge is -2.06. The molecular formula is C19H14N4O2. The first-order valence-corrected chi connectivity index (χ1v) is 7.64. The first-order valence-electron chi connectivity index (χ1n) is 7.64. The van der Waals surface area contributed by atoms with Gasteiger partial charge in [-0.25, -0.2) is 4.98 Å². The van der Waals surface area contributed by atoms with Crippen molar-refractivity contribution in [1.29, 1.82) is 0 Å². The lowest BCUT2D eigenvalue weighted by molar-refractivity contribution is 0.100. The minimum Gasteiger partial charge on any atom is -0.508 e. The molecule has 6 nitrogen and oxygen atoms in total. The molecule has 0 bridgehead atoms. The number of imidazole rings is 1. The zero-order chi connectivity index (χ0) is 17.4. The summed E-state index contributed by atoms with van der Waals surface area (Å²) >= 11 is 0. The van der Waals surface area contributed by atoms with Crippen LogP contribution in [0.1, 0.15) is 10.4 Å². The van der Waals surface area contributed by atoms with Crippen molar-refractivity contribution >= 4 is 11.6 Å². The Bertz CT molecular complexity index is 1100. The fraction of sp³-hybridized carbons (Fsp3) is 0. The van der Waals surface area contributed by atoms with E-state index in [1.807, 2.05) is 22.7 Å². The van der Waals surface area contributed by atoms with Gasteiger partial charge in [-0.2, -0.15) is 0 Å². The van der Waals surface area contributed by atoms with E-state index in [-0.39, 0.29) is 5.75 Å². The highest BCUT2D eigenvalue weighted by Gasteiger charge is 2.10. The summed E-state index contributed by atoms with van der Waals surface area (Å²) in [7, 11) is 0. The Balaban J connectivity index is 1.86. The summed E-state index contributed by atoms with van der Waals surface area (Å²) in [5, 5.41) is 9.71. The Morgan fingerprint density at radius 3 is 2.60 bits per heavy atom. The van der Waals surface area contributed by atoms with Crippen molar-refractivity contribution in [1.82, 2.24) is 14.4 Å². The van der Waals surface area contributed by atoms with Gasteiger partial charge in [-0.15, -0.1) is 0 Å². The number of aromatic nitrogens is 3. The zero-order valence-corrected chi connectivity index (χ0v) is 13.1. The van der Waals surface area contributed by atoms with Gasteiger partial charge in [-0.05, 0) is 24.3 Å². The highest BCUT2D eigenvalue weighted by atomic mass is 16.3. The van der Waals surface area contributed by atoms with Crippen LogP contribution in [-0.2, 0) is 0 Å². The molecule has 2 aromatic heterocycles. The van der Waals surface area contributed by atoms with Gasteiger partial charge in [0.15, 0.2) is 5.65 Å². The molecule has 0 atom stereocenters. The van der Waals surface area contributed by atoms with E-state index in [4.69, 9.17) is 5.73 Å². The van der Waals surface area contributed by atoms with Crippen molar-refractivity contribution in [3.63, 3.8) is 0 Å². The van der Waals surface area contributed by atoms with Crippen LogP contribution < -0.4 is 5.73 Å². The van der Waals surface area contributed by atoms with Crippen LogP contribution in [0.25, 0.3) is 28.2 Å². The Morgan fingerprint density at radius 2 is 1.80 bits per heavy atom. The molecule has 2 heterocycles. The number of fused-ring (bicyclic) bond motifs is 1. The number of rotatable bonds is 3. The number of phenolic OH excluding ortho intramolecular Hbond substituents is 1. The number of carbonyl (C=O) groups is 1. The molecule has 0 saturated heterocycles. The molecule has 0 radical (unpaired) electrons. The van der Waals surface area contributed by atoms with Crippen molar-refractivity contribution in [2.75, 3.05) is 0 Å². The predicted octanol–water partition coefficient (Wildman–Crippen LogP) is 2.87. The molecular weight excluding hydrogens is 316 g/mol. The van der Waals surface area contributed by atoms with E-state index in [9.17, 15) is 9.90 Å². The van der Waals surface area contributed by atoms with Gasteiger partial charge in [0, 0.05) is 22.9 Å². The van der Waals surface area contributed by atoms with Crippen LogP contribution in [0, 0.1) is 0 Å². The lowest BCUT2D eigenvalue weighted by atomic mass is 10.1. The van der Waals surface area contributed by atoms with Gasteiger partial charge < -0.3 is 10.8 Å². The van der Waals surface area contributed by atoms with Gasteiger partial charge in [0.2, 0.25) is 5.91 Å². The van der Waals surface area contributed by atoms with Gasteiger partial charge in [0.25, 0.3) is 0 Å².